The molecule has 2 amide bonds. The molecule has 0 unspecified atom stereocenters. The van der Waals surface area contributed by atoms with Gasteiger partial charge < -0.3 is 23.8 Å². The fourth-order valence-corrected chi connectivity index (χ4v) is 3.86. The van der Waals surface area contributed by atoms with Gasteiger partial charge in [-0.05, 0) is 38.5 Å². The molecule has 0 aliphatic heterocycles. The zero-order chi connectivity index (χ0) is 30.4. The third kappa shape index (κ3) is 7.56. The van der Waals surface area contributed by atoms with Crippen molar-refractivity contribution >= 4 is 17.7 Å². The van der Waals surface area contributed by atoms with E-state index in [1.807, 2.05) is 0 Å². The minimum absolute atomic E-state index is 0.0438. The maximum atomic E-state index is 15.0. The van der Waals surface area contributed by atoms with Gasteiger partial charge in [0.15, 0.2) is 17.5 Å². The molecule has 0 atom stereocenters. The van der Waals surface area contributed by atoms with Gasteiger partial charge in [0, 0.05) is 24.2 Å². The number of amides is 2. The second-order valence-corrected chi connectivity index (χ2v) is 10.2. The first-order valence-electron chi connectivity index (χ1n) is 12.8. The Labute approximate surface area is 239 Å². The summed E-state index contributed by atoms with van der Waals surface area (Å²) in [6.45, 7) is 4.81. The van der Waals surface area contributed by atoms with E-state index in [0.29, 0.717) is 11.1 Å². The lowest BCUT2D eigenvalue weighted by molar-refractivity contribution is 0.0635. The fraction of sp³-hybridized carbons (Fsp3) is 0.276. The third-order valence-corrected chi connectivity index (χ3v) is 5.79. The summed E-state index contributed by atoms with van der Waals surface area (Å²) >= 11 is 0. The molecular formula is C29H29F2N5O6. The predicted molar refractivity (Wildman–Crippen MR) is 147 cm³/mol. The Morgan fingerprint density at radius 1 is 1.10 bits per heavy atom. The Hall–Kier alpha value is -5.07. The van der Waals surface area contributed by atoms with E-state index in [9.17, 15) is 18.8 Å². The van der Waals surface area contributed by atoms with Crippen molar-refractivity contribution < 1.29 is 32.3 Å². The van der Waals surface area contributed by atoms with Gasteiger partial charge >= 0.3 is 6.09 Å². The van der Waals surface area contributed by atoms with Crippen LogP contribution in [0.2, 0.25) is 0 Å². The minimum atomic E-state index is -0.882. The smallest absolute Gasteiger partial charge is 0.412 e. The second-order valence-electron chi connectivity index (χ2n) is 10.2. The first-order chi connectivity index (χ1) is 19.9. The van der Waals surface area contributed by atoms with Crippen LogP contribution in [0.4, 0.5) is 19.3 Å². The Bertz CT molecular complexity index is 1660. The summed E-state index contributed by atoms with van der Waals surface area (Å²) in [6.07, 6.45) is 3.26. The molecule has 3 aromatic heterocycles. The highest BCUT2D eigenvalue weighted by atomic mass is 19.1. The highest BCUT2D eigenvalue weighted by molar-refractivity contribution is 5.91. The van der Waals surface area contributed by atoms with E-state index < -0.39 is 29.2 Å². The lowest BCUT2D eigenvalue weighted by Gasteiger charge is -2.20. The van der Waals surface area contributed by atoms with Crippen LogP contribution in [-0.4, -0.2) is 39.2 Å². The molecule has 1 aromatic carbocycles. The van der Waals surface area contributed by atoms with Crippen molar-refractivity contribution in [3.8, 4) is 5.75 Å². The number of halogens is 2. The molecule has 2 N–H and O–H groups in total. The Balaban J connectivity index is 1.37. The second kappa shape index (κ2) is 12.6. The molecule has 3 heterocycles. The number of methoxy groups -OCH3 is 1. The number of carbonyl (C=O) groups is 2. The number of aromatic nitrogens is 3. The molecular weight excluding hydrogens is 552 g/mol. The predicted octanol–water partition coefficient (Wildman–Crippen LogP) is 4.43. The minimum Gasteiger partial charge on any atom is -0.491 e. The van der Waals surface area contributed by atoms with Gasteiger partial charge in [0.25, 0.3) is 11.5 Å². The average Bonchev–Trinajstić information content (AvgIpc) is 3.38. The van der Waals surface area contributed by atoms with Crippen molar-refractivity contribution in [2.75, 3.05) is 12.4 Å². The SMILES string of the molecule is COc1c(NC(=O)OC(C)(C)C)cnc(CNC(=O)c2cnc(Cc3ccc(Cn4ccccc4=O)c(F)c3)o2)c1F. The van der Waals surface area contributed by atoms with Crippen molar-refractivity contribution in [3.63, 3.8) is 0 Å². The quantitative estimate of drug-likeness (QED) is 0.296. The third-order valence-electron chi connectivity index (χ3n) is 5.79. The van der Waals surface area contributed by atoms with Crippen LogP contribution >= 0.6 is 0 Å². The summed E-state index contributed by atoms with van der Waals surface area (Å²) in [5.74, 6) is -2.32. The van der Waals surface area contributed by atoms with Crippen molar-refractivity contribution in [1.82, 2.24) is 19.9 Å². The number of benzene rings is 1. The molecule has 11 nitrogen and oxygen atoms in total. The van der Waals surface area contributed by atoms with Gasteiger partial charge in [-0.25, -0.2) is 18.6 Å². The lowest BCUT2D eigenvalue weighted by atomic mass is 10.1. The fourth-order valence-electron chi connectivity index (χ4n) is 3.86. The Morgan fingerprint density at radius 2 is 1.88 bits per heavy atom. The molecule has 0 fully saturated rings. The number of nitrogens with zero attached hydrogens (tertiary/aromatic N) is 3. The monoisotopic (exact) mass is 581 g/mol. The van der Waals surface area contributed by atoms with Crippen LogP contribution < -0.4 is 20.9 Å². The van der Waals surface area contributed by atoms with Crippen LogP contribution in [-0.2, 0) is 24.2 Å². The highest BCUT2D eigenvalue weighted by Crippen LogP contribution is 2.29. The standard InChI is InChI=1S/C29H29F2N5O6/c1-29(2,3)42-28(39)35-21-14-32-20(25(31)26(21)40-4)13-34-27(38)22-15-33-23(41-22)12-17-8-9-18(19(30)11-17)16-36-10-6-5-7-24(36)37/h5-11,14-15H,12-13,16H2,1-4H3,(H,34,38)(H,35,39). The van der Waals surface area contributed by atoms with E-state index in [1.165, 1.54) is 36.2 Å². The van der Waals surface area contributed by atoms with Gasteiger partial charge in [-0.2, -0.15) is 0 Å². The molecule has 13 heteroatoms. The molecule has 0 radical (unpaired) electrons. The van der Waals surface area contributed by atoms with Crippen molar-refractivity contribution in [3.05, 3.63) is 105 Å². The maximum absolute atomic E-state index is 15.0. The molecule has 0 aliphatic rings. The molecule has 42 heavy (non-hydrogen) atoms. The van der Waals surface area contributed by atoms with Gasteiger partial charge in [-0.15, -0.1) is 0 Å². The van der Waals surface area contributed by atoms with Crippen LogP contribution in [0.1, 0.15) is 54.0 Å². The van der Waals surface area contributed by atoms with E-state index in [4.69, 9.17) is 13.9 Å². The van der Waals surface area contributed by atoms with Gasteiger partial charge in [-0.1, -0.05) is 18.2 Å². The van der Waals surface area contributed by atoms with E-state index in [0.717, 1.165) is 0 Å². The zero-order valence-electron chi connectivity index (χ0n) is 23.4. The molecule has 220 valence electrons. The van der Waals surface area contributed by atoms with E-state index >= 15 is 4.39 Å². The number of ether oxygens (including phenoxy) is 2. The molecule has 0 spiro atoms. The molecule has 0 saturated carbocycles. The van der Waals surface area contributed by atoms with Crippen molar-refractivity contribution in [2.24, 2.45) is 0 Å². The number of rotatable bonds is 9. The number of nitrogens with one attached hydrogen (secondary N) is 2. The van der Waals surface area contributed by atoms with Crippen molar-refractivity contribution in [1.29, 1.82) is 0 Å². The van der Waals surface area contributed by atoms with E-state index in [2.05, 4.69) is 20.6 Å². The first kappa shape index (κ1) is 29.9. The van der Waals surface area contributed by atoms with Crippen LogP contribution in [0.5, 0.6) is 5.75 Å². The van der Waals surface area contributed by atoms with E-state index in [1.54, 1.807) is 51.2 Å². The normalized spacial score (nSPS) is 11.2. The van der Waals surface area contributed by atoms with Gasteiger partial charge in [0.05, 0.1) is 38.3 Å². The molecule has 0 bridgehead atoms. The summed E-state index contributed by atoms with van der Waals surface area (Å²) in [5, 5.41) is 4.87. The van der Waals surface area contributed by atoms with Crippen LogP contribution in [0.3, 0.4) is 0 Å². The summed E-state index contributed by atoms with van der Waals surface area (Å²) in [6, 6.07) is 9.27. The number of pyridine rings is 2. The number of oxazole rings is 1. The lowest BCUT2D eigenvalue weighted by Crippen LogP contribution is -2.27. The summed E-state index contributed by atoms with van der Waals surface area (Å²) in [7, 11) is 1.22. The average molecular weight is 582 g/mol. The van der Waals surface area contributed by atoms with Crippen LogP contribution in [0.25, 0.3) is 0 Å². The first-order valence-corrected chi connectivity index (χ1v) is 12.8. The topological polar surface area (TPSA) is 138 Å². The largest absolute Gasteiger partial charge is 0.491 e. The summed E-state index contributed by atoms with van der Waals surface area (Å²) in [5.41, 5.74) is -0.313. The van der Waals surface area contributed by atoms with Gasteiger partial charge in [-0.3, -0.25) is 19.9 Å². The zero-order valence-corrected chi connectivity index (χ0v) is 23.4. The molecule has 4 rings (SSSR count). The van der Waals surface area contributed by atoms with Gasteiger partial charge in [0.1, 0.15) is 17.1 Å². The summed E-state index contributed by atoms with van der Waals surface area (Å²) < 4.78 is 46.8. The summed E-state index contributed by atoms with van der Waals surface area (Å²) in [4.78, 5) is 44.6. The molecule has 0 saturated heterocycles. The molecule has 0 aliphatic carbocycles. The number of carbonyl (C=O) groups excluding carboxylic acids is 2. The Kier molecular flexibility index (Phi) is 8.99. The number of hydrogen-bond acceptors (Lipinski definition) is 8. The highest BCUT2D eigenvalue weighted by Gasteiger charge is 2.22. The van der Waals surface area contributed by atoms with Crippen LogP contribution in [0, 0.1) is 11.6 Å². The number of anilines is 1. The van der Waals surface area contributed by atoms with Crippen molar-refractivity contribution in [2.45, 2.75) is 45.9 Å². The number of hydrogen-bond donors (Lipinski definition) is 2. The van der Waals surface area contributed by atoms with Gasteiger partial charge in [0.2, 0.25) is 5.76 Å². The Morgan fingerprint density at radius 3 is 2.57 bits per heavy atom. The van der Waals surface area contributed by atoms with E-state index in [-0.39, 0.29) is 53.9 Å². The van der Waals surface area contributed by atoms with Crippen LogP contribution in [0.15, 0.2) is 64.2 Å². The molecule has 4 aromatic rings. The maximum Gasteiger partial charge on any atom is 0.412 e.